The molecule has 1 saturated carbocycles. The van der Waals surface area contributed by atoms with Gasteiger partial charge in [0, 0.05) is 30.7 Å². The van der Waals surface area contributed by atoms with Crippen molar-refractivity contribution in [3.8, 4) is 5.75 Å². The third kappa shape index (κ3) is 3.68. The summed E-state index contributed by atoms with van der Waals surface area (Å²) in [5.74, 6) is 0.676. The Kier molecular flexibility index (Phi) is 4.97. The van der Waals surface area contributed by atoms with E-state index in [4.69, 9.17) is 21.1 Å². The number of H-pyrrole nitrogens is 1. The summed E-state index contributed by atoms with van der Waals surface area (Å²) in [5, 5.41) is 1.94. The SMILES string of the molecule is O=c1[nH]ccc2cc(OC3CCC(N4CCOCC4)CC3)c(Cl)cc12. The number of hydrogen-bond donors (Lipinski definition) is 1. The smallest absolute Gasteiger partial charge is 0.255 e. The first kappa shape index (κ1) is 16.9. The zero-order valence-corrected chi connectivity index (χ0v) is 14.9. The average Bonchev–Trinajstić information content (AvgIpc) is 2.65. The van der Waals surface area contributed by atoms with E-state index in [1.807, 2.05) is 12.1 Å². The fraction of sp³-hybridized carbons (Fsp3) is 0.526. The number of pyridine rings is 1. The predicted octanol–water partition coefficient (Wildman–Crippen LogP) is 3.20. The van der Waals surface area contributed by atoms with E-state index < -0.39 is 0 Å². The first-order chi connectivity index (χ1) is 12.2. The van der Waals surface area contributed by atoms with Crippen molar-refractivity contribution in [1.82, 2.24) is 9.88 Å². The Morgan fingerprint density at radius 1 is 1.16 bits per heavy atom. The first-order valence-corrected chi connectivity index (χ1v) is 9.38. The van der Waals surface area contributed by atoms with E-state index in [0.29, 0.717) is 22.2 Å². The third-order valence-corrected chi connectivity index (χ3v) is 5.62. The molecule has 2 aromatic rings. The minimum Gasteiger partial charge on any atom is -0.489 e. The summed E-state index contributed by atoms with van der Waals surface area (Å²) in [6, 6.07) is 6.09. The highest BCUT2D eigenvalue weighted by Crippen LogP contribution is 2.33. The number of nitrogens with one attached hydrogen (secondary N) is 1. The summed E-state index contributed by atoms with van der Waals surface area (Å²) in [7, 11) is 0. The fourth-order valence-electron chi connectivity index (χ4n) is 3.93. The number of ether oxygens (including phenoxy) is 2. The summed E-state index contributed by atoms with van der Waals surface area (Å²) in [4.78, 5) is 17.1. The van der Waals surface area contributed by atoms with Crippen LogP contribution in [0.4, 0.5) is 0 Å². The second-order valence-electron chi connectivity index (χ2n) is 6.87. The van der Waals surface area contributed by atoms with Crippen LogP contribution in [0, 0.1) is 0 Å². The molecule has 1 aromatic heterocycles. The fourth-order valence-corrected chi connectivity index (χ4v) is 4.14. The molecular weight excluding hydrogens is 340 g/mol. The molecule has 0 radical (unpaired) electrons. The third-order valence-electron chi connectivity index (χ3n) is 5.33. The molecule has 6 heteroatoms. The van der Waals surface area contributed by atoms with Gasteiger partial charge in [-0.1, -0.05) is 11.6 Å². The molecule has 25 heavy (non-hydrogen) atoms. The second-order valence-corrected chi connectivity index (χ2v) is 7.28. The van der Waals surface area contributed by atoms with Gasteiger partial charge in [0.15, 0.2) is 0 Å². The average molecular weight is 363 g/mol. The number of aromatic amines is 1. The second kappa shape index (κ2) is 7.36. The minimum atomic E-state index is -0.128. The molecule has 2 heterocycles. The monoisotopic (exact) mass is 362 g/mol. The van der Waals surface area contributed by atoms with Crippen molar-refractivity contribution in [1.29, 1.82) is 0 Å². The number of halogens is 1. The van der Waals surface area contributed by atoms with Crippen LogP contribution in [0.15, 0.2) is 29.2 Å². The number of fused-ring (bicyclic) bond motifs is 1. The van der Waals surface area contributed by atoms with Gasteiger partial charge in [-0.05, 0) is 49.3 Å². The number of nitrogens with zero attached hydrogens (tertiary/aromatic N) is 1. The van der Waals surface area contributed by atoms with Crippen LogP contribution in [0.25, 0.3) is 10.8 Å². The molecule has 0 spiro atoms. The molecule has 1 aliphatic heterocycles. The largest absolute Gasteiger partial charge is 0.489 e. The van der Waals surface area contributed by atoms with E-state index in [1.165, 1.54) is 0 Å². The highest BCUT2D eigenvalue weighted by atomic mass is 35.5. The van der Waals surface area contributed by atoms with E-state index in [1.54, 1.807) is 12.3 Å². The number of benzene rings is 1. The molecule has 2 aliphatic rings. The quantitative estimate of drug-likeness (QED) is 0.911. The maximum atomic E-state index is 11.9. The van der Waals surface area contributed by atoms with Crippen LogP contribution in [0.2, 0.25) is 5.02 Å². The molecule has 0 bridgehead atoms. The van der Waals surface area contributed by atoms with Gasteiger partial charge in [0.2, 0.25) is 0 Å². The summed E-state index contributed by atoms with van der Waals surface area (Å²) in [5.41, 5.74) is -0.128. The van der Waals surface area contributed by atoms with Crippen LogP contribution in [0.1, 0.15) is 25.7 Å². The Labute approximate surface area is 151 Å². The maximum Gasteiger partial charge on any atom is 0.255 e. The van der Waals surface area contributed by atoms with Gasteiger partial charge in [-0.2, -0.15) is 0 Å². The molecule has 4 rings (SSSR count). The van der Waals surface area contributed by atoms with E-state index in [0.717, 1.165) is 57.4 Å². The van der Waals surface area contributed by atoms with Gasteiger partial charge < -0.3 is 14.5 Å². The van der Waals surface area contributed by atoms with Crippen molar-refractivity contribution >= 4 is 22.4 Å². The van der Waals surface area contributed by atoms with Crippen LogP contribution in [-0.2, 0) is 4.74 Å². The van der Waals surface area contributed by atoms with Crippen LogP contribution in [-0.4, -0.2) is 48.3 Å². The van der Waals surface area contributed by atoms with Gasteiger partial charge >= 0.3 is 0 Å². The molecule has 1 aromatic carbocycles. The maximum absolute atomic E-state index is 11.9. The minimum absolute atomic E-state index is 0.128. The van der Waals surface area contributed by atoms with E-state index in [9.17, 15) is 4.79 Å². The zero-order valence-electron chi connectivity index (χ0n) is 14.2. The van der Waals surface area contributed by atoms with Gasteiger partial charge in [-0.25, -0.2) is 0 Å². The summed E-state index contributed by atoms with van der Waals surface area (Å²) in [6.45, 7) is 3.78. The van der Waals surface area contributed by atoms with Crippen molar-refractivity contribution in [2.45, 2.75) is 37.8 Å². The van der Waals surface area contributed by atoms with Gasteiger partial charge in [-0.3, -0.25) is 9.69 Å². The first-order valence-electron chi connectivity index (χ1n) is 9.00. The van der Waals surface area contributed by atoms with Crippen molar-refractivity contribution in [3.63, 3.8) is 0 Å². The Morgan fingerprint density at radius 3 is 2.68 bits per heavy atom. The van der Waals surface area contributed by atoms with Gasteiger partial charge in [-0.15, -0.1) is 0 Å². The highest BCUT2D eigenvalue weighted by molar-refractivity contribution is 6.32. The molecule has 2 fully saturated rings. The Bertz CT molecular complexity index is 793. The molecule has 0 atom stereocenters. The lowest BCUT2D eigenvalue weighted by molar-refractivity contribution is -0.00101. The summed E-state index contributed by atoms with van der Waals surface area (Å²) >= 11 is 6.34. The van der Waals surface area contributed by atoms with Crippen LogP contribution in [0.5, 0.6) is 5.75 Å². The van der Waals surface area contributed by atoms with Crippen molar-refractivity contribution in [2.24, 2.45) is 0 Å². The lowest BCUT2D eigenvalue weighted by Crippen LogP contribution is -2.46. The highest BCUT2D eigenvalue weighted by Gasteiger charge is 2.28. The standard InChI is InChI=1S/C19H23ClN2O3/c20-17-12-16-13(5-6-21-19(16)23)11-18(17)25-15-3-1-14(2-4-15)22-7-9-24-10-8-22/h5-6,11-12,14-15H,1-4,7-10H2,(H,21,23). The van der Waals surface area contributed by atoms with Gasteiger partial charge in [0.25, 0.3) is 5.56 Å². The van der Waals surface area contributed by atoms with Crippen molar-refractivity contribution in [2.75, 3.05) is 26.3 Å². The van der Waals surface area contributed by atoms with Gasteiger partial charge in [0.05, 0.1) is 24.3 Å². The Balaban J connectivity index is 1.42. The van der Waals surface area contributed by atoms with E-state index in [2.05, 4.69) is 9.88 Å². The van der Waals surface area contributed by atoms with E-state index in [-0.39, 0.29) is 11.7 Å². The molecule has 1 aliphatic carbocycles. The van der Waals surface area contributed by atoms with Crippen LogP contribution >= 0.6 is 11.6 Å². The molecular formula is C19H23ClN2O3. The number of hydrogen-bond acceptors (Lipinski definition) is 4. The molecule has 5 nitrogen and oxygen atoms in total. The van der Waals surface area contributed by atoms with E-state index >= 15 is 0 Å². The molecule has 0 unspecified atom stereocenters. The summed E-state index contributed by atoms with van der Waals surface area (Å²) in [6.07, 6.45) is 6.20. The lowest BCUT2D eigenvalue weighted by Gasteiger charge is -2.38. The molecule has 134 valence electrons. The molecule has 0 amide bonds. The lowest BCUT2D eigenvalue weighted by atomic mass is 9.91. The Morgan fingerprint density at radius 2 is 1.92 bits per heavy atom. The van der Waals surface area contributed by atoms with Crippen molar-refractivity contribution < 1.29 is 9.47 Å². The number of aromatic nitrogens is 1. The van der Waals surface area contributed by atoms with Crippen LogP contribution in [0.3, 0.4) is 0 Å². The zero-order chi connectivity index (χ0) is 17.2. The number of rotatable bonds is 3. The Hall–Kier alpha value is -1.56. The topological polar surface area (TPSA) is 54.6 Å². The molecule has 1 saturated heterocycles. The van der Waals surface area contributed by atoms with Crippen LogP contribution < -0.4 is 10.3 Å². The summed E-state index contributed by atoms with van der Waals surface area (Å²) < 4.78 is 11.6. The van der Waals surface area contributed by atoms with Crippen molar-refractivity contribution in [3.05, 3.63) is 39.8 Å². The normalized spacial score (nSPS) is 25.2. The number of morpholine rings is 1. The van der Waals surface area contributed by atoms with Gasteiger partial charge in [0.1, 0.15) is 5.75 Å². The predicted molar refractivity (Wildman–Crippen MR) is 98.6 cm³/mol. The molecule has 1 N–H and O–H groups in total.